The third kappa shape index (κ3) is 1.45. The summed E-state index contributed by atoms with van der Waals surface area (Å²) in [5, 5.41) is 5.46. The first-order valence-corrected chi connectivity index (χ1v) is 5.32. The Labute approximate surface area is 101 Å². The van der Waals surface area contributed by atoms with E-state index in [1.807, 2.05) is 0 Å². The first kappa shape index (κ1) is 10.1. The smallest absolute Gasteiger partial charge is 0.142 e. The van der Waals surface area contributed by atoms with Crippen molar-refractivity contribution in [2.24, 2.45) is 7.05 Å². The van der Waals surface area contributed by atoms with Crippen LogP contribution in [0.2, 0.25) is 5.15 Å². The minimum atomic E-state index is 0.399. The van der Waals surface area contributed by atoms with Crippen LogP contribution in [0, 0.1) is 0 Å². The van der Waals surface area contributed by atoms with E-state index in [0.29, 0.717) is 16.6 Å². The van der Waals surface area contributed by atoms with Crippen molar-refractivity contribution in [3.63, 3.8) is 0 Å². The van der Waals surface area contributed by atoms with Gasteiger partial charge in [-0.25, -0.2) is 9.97 Å². The zero-order valence-electron chi connectivity index (χ0n) is 8.98. The van der Waals surface area contributed by atoms with E-state index < -0.39 is 0 Å². The number of hydrogen-bond donors (Lipinski definition) is 2. The van der Waals surface area contributed by atoms with Gasteiger partial charge in [0.05, 0.1) is 11.1 Å². The Kier molecular flexibility index (Phi) is 2.05. The Morgan fingerprint density at radius 1 is 1.41 bits per heavy atom. The zero-order chi connectivity index (χ0) is 12.0. The second kappa shape index (κ2) is 3.46. The molecule has 6 nitrogen and oxygen atoms in total. The van der Waals surface area contributed by atoms with E-state index in [1.54, 1.807) is 24.0 Å². The topological polar surface area (TPSA) is 85.4 Å². The minimum Gasteiger partial charge on any atom is -0.384 e. The lowest BCUT2D eigenvalue weighted by molar-refractivity contribution is 0.782. The molecule has 0 aliphatic rings. The minimum absolute atomic E-state index is 0.399. The van der Waals surface area contributed by atoms with E-state index in [1.165, 1.54) is 6.33 Å². The van der Waals surface area contributed by atoms with Gasteiger partial charge in [-0.2, -0.15) is 5.10 Å². The first-order valence-electron chi connectivity index (χ1n) is 4.94. The van der Waals surface area contributed by atoms with Crippen LogP contribution < -0.4 is 5.73 Å². The molecule has 7 heteroatoms. The van der Waals surface area contributed by atoms with Gasteiger partial charge in [0.2, 0.25) is 0 Å². The third-order valence-corrected chi connectivity index (χ3v) is 2.90. The maximum absolute atomic E-state index is 6.06. The molecule has 0 aromatic carbocycles. The number of aryl methyl sites for hydroxylation is 1. The summed E-state index contributed by atoms with van der Waals surface area (Å²) in [4.78, 5) is 11.1. The fraction of sp³-hybridized carbons (Fsp3) is 0.100. The Morgan fingerprint density at radius 2 is 2.24 bits per heavy atom. The molecule has 0 fully saturated rings. The first-order chi connectivity index (χ1) is 8.16. The molecular weight excluding hydrogens is 240 g/mol. The average molecular weight is 249 g/mol. The number of nitrogens with zero attached hydrogens (tertiary/aromatic N) is 4. The predicted octanol–water partition coefficient (Wildman–Crippen LogP) is 1.59. The van der Waals surface area contributed by atoms with Crippen molar-refractivity contribution in [1.82, 2.24) is 24.7 Å². The molecule has 3 aromatic rings. The molecule has 0 amide bonds. The lowest BCUT2D eigenvalue weighted by atomic mass is 10.2. The highest BCUT2D eigenvalue weighted by atomic mass is 35.5. The predicted molar refractivity (Wildman–Crippen MR) is 65.5 cm³/mol. The fourth-order valence-corrected chi connectivity index (χ4v) is 1.98. The fourth-order valence-electron chi connectivity index (χ4n) is 1.74. The molecule has 3 rings (SSSR count). The Hall–Kier alpha value is -2.08. The maximum atomic E-state index is 6.06. The summed E-state index contributed by atoms with van der Waals surface area (Å²) in [6.45, 7) is 0. The second-order valence-corrected chi connectivity index (χ2v) is 4.03. The number of aromatic amines is 1. The van der Waals surface area contributed by atoms with Crippen molar-refractivity contribution >= 4 is 28.5 Å². The van der Waals surface area contributed by atoms with Crippen molar-refractivity contribution in [2.45, 2.75) is 0 Å². The SMILES string of the molecule is Cn1nc(-c2c[nH]c3ncnc(Cl)c23)cc1N. The third-order valence-electron chi connectivity index (χ3n) is 2.62. The number of nitrogens with one attached hydrogen (secondary N) is 1. The highest BCUT2D eigenvalue weighted by Crippen LogP contribution is 2.31. The summed E-state index contributed by atoms with van der Waals surface area (Å²) >= 11 is 6.06. The average Bonchev–Trinajstić information content (AvgIpc) is 2.85. The van der Waals surface area contributed by atoms with E-state index in [4.69, 9.17) is 17.3 Å². The van der Waals surface area contributed by atoms with Crippen LogP contribution in [0.4, 0.5) is 5.82 Å². The lowest BCUT2D eigenvalue weighted by Gasteiger charge is -1.95. The van der Waals surface area contributed by atoms with Crippen LogP contribution >= 0.6 is 11.6 Å². The second-order valence-electron chi connectivity index (χ2n) is 3.67. The zero-order valence-corrected chi connectivity index (χ0v) is 9.73. The summed E-state index contributed by atoms with van der Waals surface area (Å²) in [5.74, 6) is 0.585. The van der Waals surface area contributed by atoms with Crippen LogP contribution in [0.3, 0.4) is 0 Å². The van der Waals surface area contributed by atoms with Gasteiger partial charge in [-0.3, -0.25) is 4.68 Å². The number of H-pyrrole nitrogens is 1. The molecule has 3 N–H and O–H groups in total. The van der Waals surface area contributed by atoms with Gasteiger partial charge >= 0.3 is 0 Å². The van der Waals surface area contributed by atoms with Crippen molar-refractivity contribution in [1.29, 1.82) is 0 Å². The summed E-state index contributed by atoms with van der Waals surface area (Å²) in [6.07, 6.45) is 3.21. The lowest BCUT2D eigenvalue weighted by Crippen LogP contribution is -1.96. The standard InChI is InChI=1S/C10H9ClN6/c1-17-7(12)2-6(16-17)5-3-13-10-8(5)9(11)14-4-15-10/h2-4H,12H2,1H3,(H,13,14,15). The molecule has 17 heavy (non-hydrogen) atoms. The molecule has 0 saturated carbocycles. The van der Waals surface area contributed by atoms with Gasteiger partial charge in [-0.15, -0.1) is 0 Å². The molecular formula is C10H9ClN6. The monoisotopic (exact) mass is 248 g/mol. The highest BCUT2D eigenvalue weighted by molar-refractivity contribution is 6.35. The van der Waals surface area contributed by atoms with E-state index in [2.05, 4.69) is 20.1 Å². The Morgan fingerprint density at radius 3 is 2.94 bits per heavy atom. The largest absolute Gasteiger partial charge is 0.384 e. The number of halogens is 1. The summed E-state index contributed by atoms with van der Waals surface area (Å²) in [6, 6.07) is 1.78. The van der Waals surface area contributed by atoms with Gasteiger partial charge in [-0.1, -0.05) is 11.6 Å². The maximum Gasteiger partial charge on any atom is 0.142 e. The van der Waals surface area contributed by atoms with Crippen molar-refractivity contribution in [3.8, 4) is 11.3 Å². The molecule has 0 unspecified atom stereocenters. The van der Waals surface area contributed by atoms with Crippen molar-refractivity contribution in [2.75, 3.05) is 5.73 Å². The molecule has 3 heterocycles. The molecule has 3 aromatic heterocycles. The van der Waals surface area contributed by atoms with Crippen LogP contribution in [0.5, 0.6) is 0 Å². The van der Waals surface area contributed by atoms with Crippen LogP contribution in [0.25, 0.3) is 22.3 Å². The van der Waals surface area contributed by atoms with Gasteiger partial charge in [0.25, 0.3) is 0 Å². The highest BCUT2D eigenvalue weighted by Gasteiger charge is 2.14. The van der Waals surface area contributed by atoms with Gasteiger partial charge in [-0.05, 0) is 0 Å². The molecule has 0 spiro atoms. The summed E-state index contributed by atoms with van der Waals surface area (Å²) in [7, 11) is 1.78. The number of rotatable bonds is 1. The van der Waals surface area contributed by atoms with Gasteiger partial charge in [0, 0.05) is 24.9 Å². The van der Waals surface area contributed by atoms with Crippen molar-refractivity contribution in [3.05, 3.63) is 23.7 Å². The molecule has 0 bridgehead atoms. The van der Waals surface area contributed by atoms with Crippen LogP contribution in [0.15, 0.2) is 18.6 Å². The molecule has 0 saturated heterocycles. The van der Waals surface area contributed by atoms with Gasteiger partial charge in [0.15, 0.2) is 0 Å². The van der Waals surface area contributed by atoms with E-state index in [-0.39, 0.29) is 0 Å². The molecule has 0 radical (unpaired) electrons. The molecule has 0 atom stereocenters. The number of nitrogen functional groups attached to an aromatic ring is 1. The normalized spacial score (nSPS) is 11.2. The number of hydrogen-bond acceptors (Lipinski definition) is 4. The number of fused-ring (bicyclic) bond motifs is 1. The molecule has 0 aliphatic heterocycles. The van der Waals surface area contributed by atoms with Crippen LogP contribution in [0.1, 0.15) is 0 Å². The van der Waals surface area contributed by atoms with Crippen LogP contribution in [-0.2, 0) is 7.05 Å². The van der Waals surface area contributed by atoms with Crippen LogP contribution in [-0.4, -0.2) is 24.7 Å². The van der Waals surface area contributed by atoms with E-state index >= 15 is 0 Å². The quantitative estimate of drug-likeness (QED) is 0.641. The van der Waals surface area contributed by atoms with Crippen molar-refractivity contribution < 1.29 is 0 Å². The van der Waals surface area contributed by atoms with Gasteiger partial charge < -0.3 is 10.7 Å². The molecule has 0 aliphatic carbocycles. The number of anilines is 1. The van der Waals surface area contributed by atoms with Gasteiger partial charge in [0.1, 0.15) is 22.9 Å². The number of nitrogens with two attached hydrogens (primary N) is 1. The summed E-state index contributed by atoms with van der Waals surface area (Å²) < 4.78 is 1.60. The van der Waals surface area contributed by atoms with E-state index in [0.717, 1.165) is 16.6 Å². The van der Waals surface area contributed by atoms with E-state index in [9.17, 15) is 0 Å². The Bertz CT molecular complexity index is 678. The summed E-state index contributed by atoms with van der Waals surface area (Å²) in [5.41, 5.74) is 8.03. The number of aromatic nitrogens is 5. The Balaban J connectivity index is 2.31. The molecule has 86 valence electrons.